The minimum Gasteiger partial charge on any atom is -0.399 e. The topological polar surface area (TPSA) is 92.5 Å². The highest BCUT2D eigenvalue weighted by Crippen LogP contribution is 2.21. The number of likely N-dealkylation sites (N-methyl/N-ethyl adjacent to an activating group) is 1. The third kappa shape index (κ3) is 3.45. The predicted octanol–water partition coefficient (Wildman–Crippen LogP) is 0.471. The molecule has 1 amide bonds. The van der Waals surface area contributed by atoms with E-state index >= 15 is 0 Å². The molecule has 1 aromatic rings. The summed E-state index contributed by atoms with van der Waals surface area (Å²) in [6.45, 7) is 2.80. The van der Waals surface area contributed by atoms with Crippen LogP contribution in [0.15, 0.2) is 17.0 Å². The molecule has 0 fully saturated rings. The maximum Gasteiger partial charge on any atom is 0.244 e. The van der Waals surface area contributed by atoms with E-state index in [2.05, 4.69) is 4.72 Å². The normalized spacial score (nSPS) is 13.1. The van der Waals surface area contributed by atoms with Gasteiger partial charge in [-0.15, -0.1) is 0 Å². The zero-order valence-electron chi connectivity index (χ0n) is 11.8. The molecule has 0 bridgehead atoms. The zero-order chi connectivity index (χ0) is 15.7. The van der Waals surface area contributed by atoms with Gasteiger partial charge in [0.2, 0.25) is 15.9 Å². The lowest BCUT2D eigenvalue weighted by Crippen LogP contribution is -2.44. The molecule has 0 saturated heterocycles. The number of nitrogens with one attached hydrogen (secondary N) is 1. The number of sulfonamides is 1. The number of halogens is 1. The number of aryl methyl sites for hydroxylation is 1. The number of carbonyl (C=O) groups is 1. The largest absolute Gasteiger partial charge is 0.399 e. The van der Waals surface area contributed by atoms with Crippen molar-refractivity contribution in [3.8, 4) is 0 Å². The third-order valence-electron chi connectivity index (χ3n) is 2.68. The Kier molecular flexibility index (Phi) is 4.72. The third-order valence-corrected chi connectivity index (χ3v) is 4.22. The molecule has 112 valence electrons. The molecule has 8 heteroatoms. The van der Waals surface area contributed by atoms with Gasteiger partial charge < -0.3 is 10.6 Å². The van der Waals surface area contributed by atoms with Crippen molar-refractivity contribution in [3.05, 3.63) is 23.5 Å². The van der Waals surface area contributed by atoms with Crippen molar-refractivity contribution >= 4 is 21.6 Å². The van der Waals surface area contributed by atoms with Crippen LogP contribution in [0.25, 0.3) is 0 Å². The molecular formula is C12H18FN3O3S. The Hall–Kier alpha value is -1.67. The van der Waals surface area contributed by atoms with Crippen LogP contribution in [-0.4, -0.2) is 39.4 Å². The molecule has 1 unspecified atom stereocenters. The summed E-state index contributed by atoms with van der Waals surface area (Å²) in [5.74, 6) is -1.31. The minimum absolute atomic E-state index is 0.122. The van der Waals surface area contributed by atoms with E-state index in [9.17, 15) is 17.6 Å². The van der Waals surface area contributed by atoms with Crippen LogP contribution in [0.4, 0.5) is 10.1 Å². The van der Waals surface area contributed by atoms with Gasteiger partial charge in [-0.25, -0.2) is 12.8 Å². The molecule has 0 aliphatic heterocycles. The quantitative estimate of drug-likeness (QED) is 0.791. The van der Waals surface area contributed by atoms with Crippen molar-refractivity contribution in [1.82, 2.24) is 9.62 Å². The van der Waals surface area contributed by atoms with Gasteiger partial charge in [-0.1, -0.05) is 0 Å². The molecule has 20 heavy (non-hydrogen) atoms. The summed E-state index contributed by atoms with van der Waals surface area (Å²) in [4.78, 5) is 12.3. The van der Waals surface area contributed by atoms with Crippen LogP contribution in [0.2, 0.25) is 0 Å². The number of anilines is 1. The van der Waals surface area contributed by atoms with Crippen LogP contribution in [0.3, 0.4) is 0 Å². The van der Waals surface area contributed by atoms with Crippen LogP contribution in [-0.2, 0) is 14.8 Å². The SMILES string of the molecule is Cc1cc(N)cc(S(=O)(=O)NC(C)C(=O)N(C)C)c1F. The van der Waals surface area contributed by atoms with E-state index in [1.165, 1.54) is 38.9 Å². The number of rotatable bonds is 4. The maximum absolute atomic E-state index is 13.9. The van der Waals surface area contributed by atoms with E-state index in [0.717, 1.165) is 6.07 Å². The van der Waals surface area contributed by atoms with Gasteiger partial charge in [0.15, 0.2) is 0 Å². The second kappa shape index (κ2) is 5.76. The number of nitrogens with zero attached hydrogens (tertiary/aromatic N) is 1. The Bertz CT molecular complexity index is 629. The standard InChI is InChI=1S/C12H18FN3O3S/c1-7-5-9(14)6-10(11(7)13)20(18,19)15-8(2)12(17)16(3)4/h5-6,8,15H,14H2,1-4H3. The van der Waals surface area contributed by atoms with Crippen molar-refractivity contribution in [2.24, 2.45) is 0 Å². The number of nitrogen functional groups attached to an aromatic ring is 1. The van der Waals surface area contributed by atoms with Gasteiger partial charge in [0, 0.05) is 19.8 Å². The Labute approximate surface area is 117 Å². The zero-order valence-corrected chi connectivity index (χ0v) is 12.6. The smallest absolute Gasteiger partial charge is 0.244 e. The number of benzene rings is 1. The molecule has 0 aliphatic carbocycles. The lowest BCUT2D eigenvalue weighted by atomic mass is 10.2. The van der Waals surface area contributed by atoms with Crippen molar-refractivity contribution in [3.63, 3.8) is 0 Å². The predicted molar refractivity (Wildman–Crippen MR) is 74.0 cm³/mol. The molecule has 0 saturated carbocycles. The maximum atomic E-state index is 13.9. The van der Waals surface area contributed by atoms with Gasteiger partial charge in [-0.2, -0.15) is 4.72 Å². The molecule has 0 aromatic heterocycles. The molecule has 6 nitrogen and oxygen atoms in total. The van der Waals surface area contributed by atoms with Crippen molar-refractivity contribution in [2.75, 3.05) is 19.8 Å². The first-order valence-corrected chi connectivity index (χ1v) is 7.33. The summed E-state index contributed by atoms with van der Waals surface area (Å²) in [5, 5.41) is 0. The molecule has 3 N–H and O–H groups in total. The van der Waals surface area contributed by atoms with Crippen molar-refractivity contribution in [2.45, 2.75) is 24.8 Å². The fourth-order valence-corrected chi connectivity index (χ4v) is 3.07. The van der Waals surface area contributed by atoms with Gasteiger partial charge in [0.05, 0.1) is 6.04 Å². The summed E-state index contributed by atoms with van der Waals surface area (Å²) in [7, 11) is -1.17. The van der Waals surface area contributed by atoms with Crippen LogP contribution < -0.4 is 10.5 Å². The molecule has 1 rings (SSSR count). The molecule has 0 heterocycles. The highest BCUT2D eigenvalue weighted by atomic mass is 32.2. The van der Waals surface area contributed by atoms with Gasteiger partial charge >= 0.3 is 0 Å². The average molecular weight is 303 g/mol. The Morgan fingerprint density at radius 3 is 2.45 bits per heavy atom. The first-order chi connectivity index (χ1) is 9.06. The lowest BCUT2D eigenvalue weighted by molar-refractivity contribution is -0.130. The summed E-state index contributed by atoms with van der Waals surface area (Å²) in [6, 6.07) is 1.36. The average Bonchev–Trinajstić information content (AvgIpc) is 2.31. The lowest BCUT2D eigenvalue weighted by Gasteiger charge is -2.18. The fourth-order valence-electron chi connectivity index (χ4n) is 1.69. The van der Waals surface area contributed by atoms with Crippen LogP contribution in [0, 0.1) is 12.7 Å². The molecule has 1 atom stereocenters. The van der Waals surface area contributed by atoms with Crippen LogP contribution in [0.5, 0.6) is 0 Å². The van der Waals surface area contributed by atoms with Crippen LogP contribution in [0.1, 0.15) is 12.5 Å². The van der Waals surface area contributed by atoms with Gasteiger partial charge in [0.1, 0.15) is 10.7 Å². The Morgan fingerprint density at radius 1 is 1.40 bits per heavy atom. The van der Waals surface area contributed by atoms with Gasteiger partial charge in [0.25, 0.3) is 0 Å². The second-order valence-corrected chi connectivity index (χ2v) is 6.41. The summed E-state index contributed by atoms with van der Waals surface area (Å²) < 4.78 is 40.3. The molecular weight excluding hydrogens is 285 g/mol. The Balaban J connectivity index is 3.16. The van der Waals surface area contributed by atoms with E-state index in [-0.39, 0.29) is 11.3 Å². The van der Waals surface area contributed by atoms with Crippen molar-refractivity contribution in [1.29, 1.82) is 0 Å². The highest BCUT2D eigenvalue weighted by molar-refractivity contribution is 7.89. The molecule has 0 aliphatic rings. The Morgan fingerprint density at radius 2 is 1.95 bits per heavy atom. The van der Waals surface area contributed by atoms with E-state index in [1.807, 2.05) is 0 Å². The first-order valence-electron chi connectivity index (χ1n) is 5.85. The minimum atomic E-state index is -4.17. The van der Waals surface area contributed by atoms with E-state index in [0.29, 0.717) is 0 Å². The fraction of sp³-hybridized carbons (Fsp3) is 0.417. The molecule has 0 radical (unpaired) electrons. The van der Waals surface area contributed by atoms with E-state index < -0.39 is 32.7 Å². The summed E-state index contributed by atoms with van der Waals surface area (Å²) in [5.41, 5.74) is 5.79. The molecule has 0 spiro atoms. The van der Waals surface area contributed by atoms with Crippen molar-refractivity contribution < 1.29 is 17.6 Å². The van der Waals surface area contributed by atoms with Crippen LogP contribution >= 0.6 is 0 Å². The second-order valence-electron chi connectivity index (χ2n) is 4.73. The highest BCUT2D eigenvalue weighted by Gasteiger charge is 2.26. The summed E-state index contributed by atoms with van der Waals surface area (Å²) >= 11 is 0. The number of hydrogen-bond acceptors (Lipinski definition) is 4. The summed E-state index contributed by atoms with van der Waals surface area (Å²) in [6.07, 6.45) is 0. The van der Waals surface area contributed by atoms with Gasteiger partial charge in [-0.05, 0) is 31.5 Å². The monoisotopic (exact) mass is 303 g/mol. The molecule has 1 aromatic carbocycles. The van der Waals surface area contributed by atoms with E-state index in [1.54, 1.807) is 0 Å². The van der Waals surface area contributed by atoms with E-state index in [4.69, 9.17) is 5.73 Å². The number of carbonyl (C=O) groups excluding carboxylic acids is 1. The number of amides is 1. The number of hydrogen-bond donors (Lipinski definition) is 2. The first kappa shape index (κ1) is 16.4. The number of nitrogens with two attached hydrogens (primary N) is 1. The van der Waals surface area contributed by atoms with Gasteiger partial charge in [-0.3, -0.25) is 4.79 Å².